The first-order chi connectivity index (χ1) is 8.65. The molecule has 1 aliphatic carbocycles. The van der Waals surface area contributed by atoms with E-state index in [2.05, 4.69) is 19.2 Å². The lowest BCUT2D eigenvalue weighted by Gasteiger charge is -2.34. The van der Waals surface area contributed by atoms with Gasteiger partial charge in [-0.25, -0.2) is 4.39 Å². The van der Waals surface area contributed by atoms with Gasteiger partial charge in [-0.3, -0.25) is 0 Å². The van der Waals surface area contributed by atoms with Crippen LogP contribution in [-0.2, 0) is 6.42 Å². The number of benzene rings is 1. The molecule has 100 valence electrons. The topological polar surface area (TPSA) is 12.0 Å². The van der Waals surface area contributed by atoms with Gasteiger partial charge in [-0.2, -0.15) is 0 Å². The van der Waals surface area contributed by atoms with Crippen molar-refractivity contribution in [1.82, 2.24) is 5.32 Å². The van der Waals surface area contributed by atoms with E-state index in [0.717, 1.165) is 18.9 Å². The summed E-state index contributed by atoms with van der Waals surface area (Å²) in [5, 5.41) is 3.55. The molecule has 1 saturated carbocycles. The molecule has 1 aromatic carbocycles. The Hall–Kier alpha value is -0.890. The predicted octanol–water partition coefficient (Wildman–Crippen LogP) is 3.78. The van der Waals surface area contributed by atoms with Crippen LogP contribution in [0.2, 0.25) is 0 Å². The summed E-state index contributed by atoms with van der Waals surface area (Å²) < 4.78 is 12.9. The van der Waals surface area contributed by atoms with Crippen LogP contribution in [0, 0.1) is 17.7 Å². The zero-order valence-electron chi connectivity index (χ0n) is 11.5. The van der Waals surface area contributed by atoms with Crippen molar-refractivity contribution in [1.29, 1.82) is 0 Å². The number of nitrogens with one attached hydrogen (secondary N) is 1. The van der Waals surface area contributed by atoms with Gasteiger partial charge >= 0.3 is 0 Å². The van der Waals surface area contributed by atoms with Crippen LogP contribution >= 0.6 is 0 Å². The van der Waals surface area contributed by atoms with Crippen LogP contribution in [0.25, 0.3) is 0 Å². The van der Waals surface area contributed by atoms with Crippen molar-refractivity contribution in [2.24, 2.45) is 11.8 Å². The smallest absolute Gasteiger partial charge is 0.123 e. The molecule has 0 saturated heterocycles. The van der Waals surface area contributed by atoms with Crippen LogP contribution in [0.1, 0.15) is 38.7 Å². The van der Waals surface area contributed by atoms with Crippen molar-refractivity contribution < 1.29 is 4.39 Å². The summed E-state index contributed by atoms with van der Waals surface area (Å²) >= 11 is 0. The van der Waals surface area contributed by atoms with Gasteiger partial charge in [-0.15, -0.1) is 0 Å². The Morgan fingerprint density at radius 3 is 2.39 bits per heavy atom. The maximum atomic E-state index is 12.9. The molecule has 1 atom stereocenters. The van der Waals surface area contributed by atoms with E-state index < -0.39 is 0 Å². The molecule has 18 heavy (non-hydrogen) atoms. The summed E-state index contributed by atoms with van der Waals surface area (Å²) in [6.07, 6.45) is 5.19. The Balaban J connectivity index is 1.93. The van der Waals surface area contributed by atoms with Gasteiger partial charge < -0.3 is 5.32 Å². The predicted molar refractivity (Wildman–Crippen MR) is 74.1 cm³/mol. The highest BCUT2D eigenvalue weighted by atomic mass is 19.1. The van der Waals surface area contributed by atoms with E-state index in [4.69, 9.17) is 0 Å². The van der Waals surface area contributed by atoms with Gasteiger partial charge in [0.05, 0.1) is 0 Å². The first kappa shape index (κ1) is 13.5. The van der Waals surface area contributed by atoms with E-state index in [1.807, 2.05) is 12.1 Å². The first-order valence-electron chi connectivity index (χ1n) is 7.13. The molecule has 0 heterocycles. The van der Waals surface area contributed by atoms with Crippen LogP contribution in [0.3, 0.4) is 0 Å². The van der Waals surface area contributed by atoms with Gasteiger partial charge in [0.2, 0.25) is 0 Å². The third-order valence-corrected chi connectivity index (χ3v) is 4.02. The van der Waals surface area contributed by atoms with E-state index in [1.165, 1.54) is 24.8 Å². The quantitative estimate of drug-likeness (QED) is 0.809. The highest BCUT2D eigenvalue weighted by Gasteiger charge is 2.27. The number of hydrogen-bond acceptors (Lipinski definition) is 1. The Labute approximate surface area is 110 Å². The van der Waals surface area contributed by atoms with Gasteiger partial charge in [0, 0.05) is 6.04 Å². The zero-order chi connectivity index (χ0) is 13.0. The molecule has 2 heteroatoms. The third kappa shape index (κ3) is 3.81. The molecule has 0 spiro atoms. The van der Waals surface area contributed by atoms with E-state index in [9.17, 15) is 4.39 Å². The minimum atomic E-state index is -0.140. The standard InChI is InChI=1S/C16H24FN/c1-12(2)18-11-15(14-4-3-5-14)10-13-6-8-16(17)9-7-13/h6-9,12,14-15,18H,3-5,10-11H2,1-2H3. The summed E-state index contributed by atoms with van der Waals surface area (Å²) in [5.41, 5.74) is 1.26. The van der Waals surface area contributed by atoms with Crippen LogP contribution in [0.4, 0.5) is 4.39 Å². The maximum absolute atomic E-state index is 12.9. The molecule has 0 bridgehead atoms. The fraction of sp³-hybridized carbons (Fsp3) is 0.625. The van der Waals surface area contributed by atoms with Crippen LogP contribution < -0.4 is 5.32 Å². The molecule has 1 unspecified atom stereocenters. The summed E-state index contributed by atoms with van der Waals surface area (Å²) in [4.78, 5) is 0. The van der Waals surface area contributed by atoms with E-state index in [0.29, 0.717) is 12.0 Å². The Morgan fingerprint density at radius 2 is 1.89 bits per heavy atom. The number of hydrogen-bond donors (Lipinski definition) is 1. The van der Waals surface area contributed by atoms with Crippen molar-refractivity contribution in [3.63, 3.8) is 0 Å². The third-order valence-electron chi connectivity index (χ3n) is 4.02. The molecular weight excluding hydrogens is 225 g/mol. The minimum Gasteiger partial charge on any atom is -0.314 e. The molecule has 1 aliphatic rings. The second-order valence-corrected chi connectivity index (χ2v) is 5.84. The number of rotatable bonds is 6. The van der Waals surface area contributed by atoms with Crippen molar-refractivity contribution in [2.75, 3.05) is 6.54 Å². The average molecular weight is 249 g/mol. The molecule has 0 radical (unpaired) electrons. The fourth-order valence-corrected chi connectivity index (χ4v) is 2.63. The highest BCUT2D eigenvalue weighted by Crippen LogP contribution is 2.35. The lowest BCUT2D eigenvalue weighted by molar-refractivity contribution is 0.197. The molecule has 0 amide bonds. The molecule has 0 aliphatic heterocycles. The van der Waals surface area contributed by atoms with Crippen LogP contribution in [0.15, 0.2) is 24.3 Å². The lowest BCUT2D eigenvalue weighted by Crippen LogP contribution is -2.36. The van der Waals surface area contributed by atoms with Crippen LogP contribution in [-0.4, -0.2) is 12.6 Å². The molecule has 1 N–H and O–H groups in total. The van der Waals surface area contributed by atoms with Crippen molar-refractivity contribution >= 4 is 0 Å². The second kappa shape index (κ2) is 6.33. The van der Waals surface area contributed by atoms with Crippen molar-refractivity contribution in [3.8, 4) is 0 Å². The molecule has 1 fully saturated rings. The highest BCUT2D eigenvalue weighted by molar-refractivity contribution is 5.17. The second-order valence-electron chi connectivity index (χ2n) is 5.84. The van der Waals surface area contributed by atoms with Gasteiger partial charge in [-0.05, 0) is 42.5 Å². The summed E-state index contributed by atoms with van der Waals surface area (Å²) in [7, 11) is 0. The molecule has 2 rings (SSSR count). The van der Waals surface area contributed by atoms with Gasteiger partial charge in [-0.1, -0.05) is 45.2 Å². The van der Waals surface area contributed by atoms with Crippen molar-refractivity contribution in [2.45, 2.75) is 45.6 Å². The molecule has 0 aromatic heterocycles. The monoisotopic (exact) mass is 249 g/mol. The van der Waals surface area contributed by atoms with Gasteiger partial charge in [0.1, 0.15) is 5.82 Å². The Bertz CT molecular complexity index is 354. The Kier molecular flexibility index (Phi) is 4.76. The summed E-state index contributed by atoms with van der Waals surface area (Å²) in [6.45, 7) is 5.46. The fourth-order valence-electron chi connectivity index (χ4n) is 2.63. The molecule has 1 aromatic rings. The normalized spacial score (nSPS) is 17.8. The average Bonchev–Trinajstić information content (AvgIpc) is 2.26. The van der Waals surface area contributed by atoms with Gasteiger partial charge in [0.25, 0.3) is 0 Å². The van der Waals surface area contributed by atoms with Crippen molar-refractivity contribution in [3.05, 3.63) is 35.6 Å². The first-order valence-corrected chi connectivity index (χ1v) is 7.13. The SMILES string of the molecule is CC(C)NCC(Cc1ccc(F)cc1)C1CCC1. The zero-order valence-corrected chi connectivity index (χ0v) is 11.5. The summed E-state index contributed by atoms with van der Waals surface area (Å²) in [6, 6.07) is 7.54. The Morgan fingerprint density at radius 1 is 1.22 bits per heavy atom. The van der Waals surface area contributed by atoms with E-state index in [1.54, 1.807) is 12.1 Å². The minimum absolute atomic E-state index is 0.140. The largest absolute Gasteiger partial charge is 0.314 e. The summed E-state index contributed by atoms with van der Waals surface area (Å²) in [5.74, 6) is 1.42. The van der Waals surface area contributed by atoms with E-state index in [-0.39, 0.29) is 5.82 Å². The maximum Gasteiger partial charge on any atom is 0.123 e. The molecular formula is C16H24FN. The lowest BCUT2D eigenvalue weighted by atomic mass is 9.73. The molecule has 1 nitrogen and oxygen atoms in total. The van der Waals surface area contributed by atoms with E-state index >= 15 is 0 Å². The van der Waals surface area contributed by atoms with Gasteiger partial charge in [0.15, 0.2) is 0 Å². The number of halogens is 1. The van der Waals surface area contributed by atoms with Crippen LogP contribution in [0.5, 0.6) is 0 Å².